The number of rotatable bonds is 12. The predicted octanol–water partition coefficient (Wildman–Crippen LogP) is 0.777. The molecule has 0 aromatic carbocycles. The van der Waals surface area contributed by atoms with E-state index < -0.39 is 134 Å². The maximum Gasteiger partial charge on any atom is 0.187 e. The fraction of sp³-hybridized carbons (Fsp3) is 0.917. The normalized spacial score (nSPS) is 51.8. The average molecular weight is 929 g/mol. The van der Waals surface area contributed by atoms with Crippen LogP contribution in [0.25, 0.3) is 0 Å². The summed E-state index contributed by atoms with van der Waals surface area (Å²) in [4.78, 5) is 0. The standard InChI is InChI=1S/C48H80O17/c1-21(2)16-24(61-42-39(57)36(54)33(51)23(4)60-42)17-22(3)25-12-14-47(8)26-10-11-30-45(5,6)31(64-43-40(58)37(55)34(52)28(19-49)62-43)18-32(48(30,9)27(26)13-15-46(25,47)7)65-44-41(59)38(56)35(53)29(20-50)63-44/h10,16,22-25,27-44,49-59H,11-15,17-20H2,1-9H3/t22-,23+,24-,25+,27+,28-,29-,30?,31+,32-,33+,34-,35-,36-,37+,38+,39-,40-,41-,42+,43+,44+,46+,47-,48-/m1/s1. The first-order chi connectivity index (χ1) is 30.4. The van der Waals surface area contributed by atoms with Crippen molar-refractivity contribution in [2.75, 3.05) is 13.2 Å². The van der Waals surface area contributed by atoms with E-state index in [1.807, 2.05) is 19.9 Å². The van der Waals surface area contributed by atoms with Crippen molar-refractivity contribution in [3.8, 4) is 0 Å². The molecule has 4 aliphatic carbocycles. The minimum Gasteiger partial charge on any atom is -0.394 e. The van der Waals surface area contributed by atoms with E-state index >= 15 is 0 Å². The van der Waals surface area contributed by atoms with Crippen molar-refractivity contribution in [3.63, 3.8) is 0 Å². The molecular formula is C48H80O17. The Morgan fingerprint density at radius 2 is 1.25 bits per heavy atom. The third-order valence-corrected chi connectivity index (χ3v) is 18.1. The lowest BCUT2D eigenvalue weighted by Crippen LogP contribution is -2.67. The van der Waals surface area contributed by atoms with Crippen LogP contribution in [0, 0.1) is 45.3 Å². The van der Waals surface area contributed by atoms with Crippen molar-refractivity contribution >= 4 is 0 Å². The Hall–Kier alpha value is -1.20. The zero-order valence-electron chi connectivity index (χ0n) is 39.6. The topological polar surface area (TPSA) is 278 Å². The molecule has 11 N–H and O–H groups in total. The first-order valence-electron chi connectivity index (χ1n) is 24.0. The van der Waals surface area contributed by atoms with Gasteiger partial charge in [-0.3, -0.25) is 0 Å². The molecule has 3 saturated carbocycles. The number of aliphatic hydroxyl groups is 11. The maximum atomic E-state index is 11.3. The summed E-state index contributed by atoms with van der Waals surface area (Å²) in [6.07, 6.45) is -13.1. The van der Waals surface area contributed by atoms with E-state index in [9.17, 15) is 56.2 Å². The van der Waals surface area contributed by atoms with Crippen LogP contribution in [0.1, 0.15) is 107 Å². The summed E-state index contributed by atoms with van der Waals surface area (Å²) in [7, 11) is 0. The lowest BCUT2D eigenvalue weighted by Gasteiger charge is -2.67. The lowest BCUT2D eigenvalue weighted by molar-refractivity contribution is -0.354. The highest BCUT2D eigenvalue weighted by Crippen LogP contribution is 2.74. The SMILES string of the molecule is CC(C)=C[C@H](C[C@@H](C)[C@@H]1CC[C@]2(C)C3=CCC4C(C)(C)[C@@H](O[C@@H]5O[C@H](CO)[C@@H](O)[C@H](O)[C@H]5O)C[C@@H](O[C@@H]5O[C@H](CO)[C@@H](O)[C@H](O)[C@H]5O)[C@]4(C)[C@H]3CC[C@@]12C)O[C@@H]1O[C@@H](C)[C@H](O)[C@@H](O)[C@H]1O. The molecule has 0 amide bonds. The Morgan fingerprint density at radius 1 is 0.708 bits per heavy atom. The van der Waals surface area contributed by atoms with Gasteiger partial charge < -0.3 is 84.6 Å². The minimum atomic E-state index is -1.66. The molecule has 0 bridgehead atoms. The molecule has 0 aromatic rings. The fourth-order valence-electron chi connectivity index (χ4n) is 14.1. The summed E-state index contributed by atoms with van der Waals surface area (Å²) in [6, 6.07) is 0. The van der Waals surface area contributed by atoms with Gasteiger partial charge in [0, 0.05) is 11.8 Å². The first-order valence-corrected chi connectivity index (χ1v) is 24.0. The van der Waals surface area contributed by atoms with Crippen LogP contribution in [-0.4, -0.2) is 180 Å². The van der Waals surface area contributed by atoms with E-state index in [0.717, 1.165) is 31.3 Å². The molecule has 3 saturated heterocycles. The van der Waals surface area contributed by atoms with Crippen LogP contribution in [0.4, 0.5) is 0 Å². The van der Waals surface area contributed by atoms with Crippen molar-refractivity contribution in [1.29, 1.82) is 0 Å². The van der Waals surface area contributed by atoms with Crippen molar-refractivity contribution in [2.45, 2.75) is 218 Å². The van der Waals surface area contributed by atoms with Gasteiger partial charge in [-0.2, -0.15) is 0 Å². The number of ether oxygens (including phenoxy) is 6. The smallest absolute Gasteiger partial charge is 0.187 e. The third-order valence-electron chi connectivity index (χ3n) is 18.1. The molecule has 6 fully saturated rings. The number of aliphatic hydroxyl groups excluding tert-OH is 11. The summed E-state index contributed by atoms with van der Waals surface area (Å²) < 4.78 is 37.5. The second kappa shape index (κ2) is 19.2. The quantitative estimate of drug-likeness (QED) is 0.121. The van der Waals surface area contributed by atoms with Crippen LogP contribution >= 0.6 is 0 Å². The summed E-state index contributed by atoms with van der Waals surface area (Å²) in [5, 5.41) is 117. The molecule has 0 radical (unpaired) electrons. The molecule has 374 valence electrons. The van der Waals surface area contributed by atoms with E-state index in [0.29, 0.717) is 18.8 Å². The molecule has 17 nitrogen and oxygen atoms in total. The average Bonchev–Trinajstić information content (AvgIpc) is 3.54. The zero-order chi connectivity index (χ0) is 47.9. The van der Waals surface area contributed by atoms with E-state index in [1.54, 1.807) is 6.92 Å². The van der Waals surface area contributed by atoms with Gasteiger partial charge in [-0.25, -0.2) is 0 Å². The highest BCUT2D eigenvalue weighted by atomic mass is 16.7. The number of hydrogen-bond donors (Lipinski definition) is 11. The Labute approximate surface area is 383 Å². The highest BCUT2D eigenvalue weighted by molar-refractivity contribution is 5.34. The van der Waals surface area contributed by atoms with E-state index in [1.165, 1.54) is 5.57 Å². The van der Waals surface area contributed by atoms with Gasteiger partial charge >= 0.3 is 0 Å². The minimum absolute atomic E-state index is 0.00814. The molecule has 25 atom stereocenters. The molecule has 65 heavy (non-hydrogen) atoms. The lowest BCUT2D eigenvalue weighted by atomic mass is 9.40. The van der Waals surface area contributed by atoms with Crippen molar-refractivity contribution in [1.82, 2.24) is 0 Å². The molecule has 0 spiro atoms. The summed E-state index contributed by atoms with van der Waals surface area (Å²) in [5.41, 5.74) is 0.777. The van der Waals surface area contributed by atoms with Gasteiger partial charge in [0.1, 0.15) is 67.1 Å². The van der Waals surface area contributed by atoms with Crippen LogP contribution in [-0.2, 0) is 28.4 Å². The molecule has 7 aliphatic rings. The van der Waals surface area contributed by atoms with Gasteiger partial charge in [0.05, 0.1) is 37.6 Å². The highest BCUT2D eigenvalue weighted by Gasteiger charge is 2.69. The van der Waals surface area contributed by atoms with Crippen LogP contribution in [0.3, 0.4) is 0 Å². The van der Waals surface area contributed by atoms with Crippen molar-refractivity contribution in [2.24, 2.45) is 45.3 Å². The number of fused-ring (bicyclic) bond motifs is 5. The van der Waals surface area contributed by atoms with Crippen molar-refractivity contribution < 1.29 is 84.6 Å². The van der Waals surface area contributed by atoms with Crippen LogP contribution in [0.2, 0.25) is 0 Å². The Bertz CT molecular complexity index is 1700. The van der Waals surface area contributed by atoms with Crippen LogP contribution in [0.5, 0.6) is 0 Å². The van der Waals surface area contributed by atoms with E-state index in [2.05, 4.69) is 47.6 Å². The fourth-order valence-corrected chi connectivity index (χ4v) is 14.1. The van der Waals surface area contributed by atoms with E-state index in [-0.39, 0.29) is 35.0 Å². The first kappa shape index (κ1) is 51.6. The van der Waals surface area contributed by atoms with E-state index in [4.69, 9.17) is 28.4 Å². The summed E-state index contributed by atoms with van der Waals surface area (Å²) in [6.45, 7) is 17.9. The van der Waals surface area contributed by atoms with Crippen LogP contribution < -0.4 is 0 Å². The summed E-state index contributed by atoms with van der Waals surface area (Å²) >= 11 is 0. The number of allylic oxidation sites excluding steroid dienone is 3. The second-order valence-corrected chi connectivity index (χ2v) is 22.3. The van der Waals surface area contributed by atoms with Gasteiger partial charge in [-0.1, -0.05) is 64.8 Å². The van der Waals surface area contributed by atoms with Gasteiger partial charge in [0.2, 0.25) is 0 Å². The molecular weight excluding hydrogens is 849 g/mol. The molecule has 17 heteroatoms. The van der Waals surface area contributed by atoms with Gasteiger partial charge in [0.25, 0.3) is 0 Å². The summed E-state index contributed by atoms with van der Waals surface area (Å²) in [5.74, 6) is 0.330. The Kier molecular flexibility index (Phi) is 15.2. The van der Waals surface area contributed by atoms with Crippen LogP contribution in [0.15, 0.2) is 23.3 Å². The Morgan fingerprint density at radius 3 is 1.80 bits per heavy atom. The third kappa shape index (κ3) is 8.76. The number of hydrogen-bond acceptors (Lipinski definition) is 17. The molecule has 0 aromatic heterocycles. The second-order valence-electron chi connectivity index (χ2n) is 22.3. The maximum absolute atomic E-state index is 11.3. The van der Waals surface area contributed by atoms with Gasteiger partial charge in [-0.15, -0.1) is 0 Å². The molecule has 3 heterocycles. The molecule has 1 unspecified atom stereocenters. The molecule has 7 rings (SSSR count). The monoisotopic (exact) mass is 929 g/mol. The largest absolute Gasteiger partial charge is 0.394 e. The van der Waals surface area contributed by atoms with Gasteiger partial charge in [0.15, 0.2) is 18.9 Å². The van der Waals surface area contributed by atoms with Crippen molar-refractivity contribution in [3.05, 3.63) is 23.3 Å². The molecule has 3 aliphatic heterocycles. The zero-order valence-corrected chi connectivity index (χ0v) is 39.6. The predicted molar refractivity (Wildman–Crippen MR) is 232 cm³/mol. The Balaban J connectivity index is 1.19. The van der Waals surface area contributed by atoms with Gasteiger partial charge in [-0.05, 0) is 99.2 Å².